The minimum atomic E-state index is -4.66. The Morgan fingerprint density at radius 1 is 1.05 bits per heavy atom. The van der Waals surface area contributed by atoms with Crippen molar-refractivity contribution in [1.29, 1.82) is 0 Å². The minimum absolute atomic E-state index is 0.00597. The maximum Gasteiger partial charge on any atom is 0.524 e. The average Bonchev–Trinajstić information content (AvgIpc) is 3.31. The SMILES string of the molecule is C/C(=C\C(=O)N[C@H](C(=O)N1CCCC1C(=O)N1CCCCC1)C(C)(C)C)c1ccc(OP(=O)(O)O)cc1. The Bertz CT molecular complexity index is 1070. The van der Waals surface area contributed by atoms with E-state index in [9.17, 15) is 18.9 Å². The molecule has 2 fully saturated rings. The highest BCUT2D eigenvalue weighted by Gasteiger charge is 2.42. The highest BCUT2D eigenvalue weighted by atomic mass is 31.2. The number of benzene rings is 1. The van der Waals surface area contributed by atoms with E-state index in [0.717, 1.165) is 38.8 Å². The van der Waals surface area contributed by atoms with Crippen molar-refractivity contribution in [3.8, 4) is 5.75 Å². The van der Waals surface area contributed by atoms with E-state index in [0.29, 0.717) is 24.1 Å². The molecule has 1 aromatic rings. The Labute approximate surface area is 218 Å². The summed E-state index contributed by atoms with van der Waals surface area (Å²) in [5.74, 6) is -0.684. The number of phosphoric acid groups is 1. The lowest BCUT2D eigenvalue weighted by atomic mass is 9.85. The Balaban J connectivity index is 1.71. The van der Waals surface area contributed by atoms with E-state index in [4.69, 9.17) is 9.79 Å². The van der Waals surface area contributed by atoms with E-state index >= 15 is 0 Å². The van der Waals surface area contributed by atoms with E-state index < -0.39 is 31.2 Å². The number of phosphoric ester groups is 1. The van der Waals surface area contributed by atoms with Crippen LogP contribution in [0, 0.1) is 5.41 Å². The number of allylic oxidation sites excluding steroid dienone is 1. The highest BCUT2D eigenvalue weighted by molar-refractivity contribution is 7.46. The van der Waals surface area contributed by atoms with E-state index in [-0.39, 0.29) is 17.6 Å². The van der Waals surface area contributed by atoms with Gasteiger partial charge in [-0.1, -0.05) is 32.9 Å². The molecular formula is C26H38N3O7P. The van der Waals surface area contributed by atoms with Crippen LogP contribution in [-0.2, 0) is 18.9 Å². The largest absolute Gasteiger partial charge is 0.524 e. The van der Waals surface area contributed by atoms with Crippen LogP contribution < -0.4 is 9.84 Å². The van der Waals surface area contributed by atoms with Crippen LogP contribution in [0.2, 0.25) is 0 Å². The second kappa shape index (κ2) is 11.8. The molecule has 1 aromatic carbocycles. The number of hydrogen-bond donors (Lipinski definition) is 3. The summed E-state index contributed by atoms with van der Waals surface area (Å²) in [6.45, 7) is 9.31. The molecule has 3 rings (SSSR count). The summed E-state index contributed by atoms with van der Waals surface area (Å²) in [5, 5.41) is 2.86. The number of carbonyl (C=O) groups excluding carboxylic acids is 3. The summed E-state index contributed by atoms with van der Waals surface area (Å²) in [7, 11) is -4.66. The zero-order valence-electron chi connectivity index (χ0n) is 22.0. The quantitative estimate of drug-likeness (QED) is 0.361. The molecule has 0 spiro atoms. The average molecular weight is 536 g/mol. The molecule has 0 aliphatic carbocycles. The van der Waals surface area contributed by atoms with Gasteiger partial charge in [-0.2, -0.15) is 0 Å². The number of nitrogens with one attached hydrogen (secondary N) is 1. The van der Waals surface area contributed by atoms with Crippen LogP contribution in [0.3, 0.4) is 0 Å². The third kappa shape index (κ3) is 7.90. The van der Waals surface area contributed by atoms with Crippen molar-refractivity contribution in [2.45, 2.75) is 71.9 Å². The van der Waals surface area contributed by atoms with Gasteiger partial charge in [-0.15, -0.1) is 0 Å². The van der Waals surface area contributed by atoms with Gasteiger partial charge in [0.05, 0.1) is 0 Å². The number of piperidine rings is 1. The van der Waals surface area contributed by atoms with Crippen molar-refractivity contribution in [2.75, 3.05) is 19.6 Å². The molecule has 0 radical (unpaired) electrons. The number of likely N-dealkylation sites (tertiary alicyclic amines) is 2. The van der Waals surface area contributed by atoms with Gasteiger partial charge >= 0.3 is 7.82 Å². The van der Waals surface area contributed by atoms with Gasteiger partial charge in [-0.25, -0.2) is 4.57 Å². The van der Waals surface area contributed by atoms with Crippen molar-refractivity contribution >= 4 is 31.1 Å². The summed E-state index contributed by atoms with van der Waals surface area (Å²) >= 11 is 0. The second-order valence-corrected chi connectivity index (χ2v) is 12.0. The van der Waals surface area contributed by atoms with Crippen LogP contribution in [0.4, 0.5) is 0 Å². The fourth-order valence-electron chi connectivity index (χ4n) is 4.81. The van der Waals surface area contributed by atoms with Crippen molar-refractivity contribution in [3.63, 3.8) is 0 Å². The molecule has 10 nitrogen and oxygen atoms in total. The second-order valence-electron chi connectivity index (χ2n) is 10.8. The lowest BCUT2D eigenvalue weighted by Gasteiger charge is -2.37. The summed E-state index contributed by atoms with van der Waals surface area (Å²) < 4.78 is 15.5. The van der Waals surface area contributed by atoms with Crippen molar-refractivity contribution in [2.24, 2.45) is 5.41 Å². The first-order chi connectivity index (χ1) is 17.3. The molecule has 37 heavy (non-hydrogen) atoms. The Morgan fingerprint density at radius 3 is 2.24 bits per heavy atom. The van der Waals surface area contributed by atoms with Crippen molar-refractivity contribution in [1.82, 2.24) is 15.1 Å². The van der Waals surface area contributed by atoms with Gasteiger partial charge in [0.15, 0.2) is 0 Å². The molecule has 3 amide bonds. The molecule has 2 saturated heterocycles. The monoisotopic (exact) mass is 535 g/mol. The standard InChI is InChI=1S/C26H38N3O7P/c1-18(19-10-12-20(13-11-19)36-37(33,34)35)17-22(30)27-23(26(2,3)4)25(32)29-16-8-9-21(29)24(31)28-14-6-5-7-15-28/h10-13,17,21,23H,5-9,14-16H2,1-4H3,(H,27,30)(H2,33,34,35)/b18-17+/t21?,23-/m1/s1. The van der Waals surface area contributed by atoms with E-state index in [1.54, 1.807) is 24.0 Å². The molecule has 2 heterocycles. The van der Waals surface area contributed by atoms with E-state index in [1.807, 2.05) is 25.7 Å². The van der Waals surface area contributed by atoms with Gasteiger partial charge in [0.2, 0.25) is 17.7 Å². The highest BCUT2D eigenvalue weighted by Crippen LogP contribution is 2.37. The lowest BCUT2D eigenvalue weighted by molar-refractivity contribution is -0.147. The smallest absolute Gasteiger partial charge is 0.404 e. The predicted octanol–water partition coefficient (Wildman–Crippen LogP) is 3.10. The van der Waals surface area contributed by atoms with Gasteiger partial charge in [0.25, 0.3) is 0 Å². The van der Waals surface area contributed by atoms with Gasteiger partial charge in [-0.05, 0) is 67.7 Å². The first kappa shape index (κ1) is 28.9. The molecule has 0 saturated carbocycles. The van der Waals surface area contributed by atoms with Crippen LogP contribution >= 0.6 is 7.82 Å². The maximum atomic E-state index is 13.7. The molecule has 0 bridgehead atoms. The first-order valence-electron chi connectivity index (χ1n) is 12.7. The molecule has 204 valence electrons. The number of amides is 3. The molecule has 11 heteroatoms. The van der Waals surface area contributed by atoms with E-state index in [2.05, 4.69) is 9.84 Å². The molecule has 3 N–H and O–H groups in total. The Morgan fingerprint density at radius 2 is 1.68 bits per heavy atom. The van der Waals surface area contributed by atoms with E-state index in [1.165, 1.54) is 18.2 Å². The van der Waals surface area contributed by atoms with Gasteiger partial charge < -0.3 is 19.6 Å². The fraction of sp³-hybridized carbons (Fsp3) is 0.577. The Hall–Kier alpha value is -2.68. The molecule has 0 aromatic heterocycles. The molecule has 2 aliphatic rings. The van der Waals surface area contributed by atoms with Crippen LogP contribution in [0.5, 0.6) is 5.75 Å². The van der Waals surface area contributed by atoms with Crippen LogP contribution in [0.25, 0.3) is 5.57 Å². The summed E-state index contributed by atoms with van der Waals surface area (Å²) in [6.07, 6.45) is 5.85. The number of carbonyl (C=O) groups is 3. The lowest BCUT2D eigenvalue weighted by Crippen LogP contribution is -2.58. The number of nitrogens with zero attached hydrogens (tertiary/aromatic N) is 2. The maximum absolute atomic E-state index is 13.7. The Kier molecular flexibility index (Phi) is 9.21. The van der Waals surface area contributed by atoms with Crippen molar-refractivity contribution < 1.29 is 33.3 Å². The molecule has 2 aliphatic heterocycles. The minimum Gasteiger partial charge on any atom is -0.404 e. The third-order valence-corrected chi connectivity index (χ3v) is 7.22. The summed E-state index contributed by atoms with van der Waals surface area (Å²) in [5.41, 5.74) is 0.662. The third-order valence-electron chi connectivity index (χ3n) is 6.77. The topological polar surface area (TPSA) is 136 Å². The van der Waals surface area contributed by atoms with Crippen LogP contribution in [0.15, 0.2) is 30.3 Å². The molecule has 2 atom stereocenters. The fourth-order valence-corrected chi connectivity index (χ4v) is 5.20. The zero-order chi connectivity index (χ0) is 27.4. The van der Waals surface area contributed by atoms with Crippen molar-refractivity contribution in [3.05, 3.63) is 35.9 Å². The van der Waals surface area contributed by atoms with Gasteiger partial charge in [-0.3, -0.25) is 24.2 Å². The van der Waals surface area contributed by atoms with Crippen LogP contribution in [-0.4, -0.2) is 69.0 Å². The first-order valence-corrected chi connectivity index (χ1v) is 14.2. The molecule has 1 unspecified atom stereocenters. The number of rotatable bonds is 7. The normalized spacial score (nSPS) is 19.9. The van der Waals surface area contributed by atoms with Gasteiger partial charge in [0, 0.05) is 25.7 Å². The predicted molar refractivity (Wildman–Crippen MR) is 139 cm³/mol. The van der Waals surface area contributed by atoms with Gasteiger partial charge in [0.1, 0.15) is 17.8 Å². The summed E-state index contributed by atoms with van der Waals surface area (Å²) in [4.78, 5) is 61.2. The zero-order valence-corrected chi connectivity index (χ0v) is 22.9. The molecular weight excluding hydrogens is 497 g/mol. The summed E-state index contributed by atoms with van der Waals surface area (Å²) in [6, 6.07) is 4.65. The number of hydrogen-bond acceptors (Lipinski definition) is 5. The van der Waals surface area contributed by atoms with Crippen LogP contribution in [0.1, 0.15) is 65.4 Å².